The Hall–Kier alpha value is -0.700. The maximum absolute atomic E-state index is 5.68. The number of ether oxygens (including phenoxy) is 1. The minimum absolute atomic E-state index is 0. The first-order valence-corrected chi connectivity index (χ1v) is 9.01. The van der Waals surface area contributed by atoms with Gasteiger partial charge in [0.2, 0.25) is 5.88 Å². The summed E-state index contributed by atoms with van der Waals surface area (Å²) in [6, 6.07) is 3.96. The van der Waals surface area contributed by atoms with Gasteiger partial charge in [0.1, 0.15) is 0 Å². The summed E-state index contributed by atoms with van der Waals surface area (Å²) in [6.07, 6.45) is 5.37. The number of aromatic nitrogens is 1. The third kappa shape index (κ3) is 7.15. The van der Waals surface area contributed by atoms with Gasteiger partial charge in [0, 0.05) is 37.1 Å². The van der Waals surface area contributed by atoms with Crippen molar-refractivity contribution in [3.05, 3.63) is 23.9 Å². The third-order valence-electron chi connectivity index (χ3n) is 3.48. The van der Waals surface area contributed by atoms with Crippen LogP contribution in [0.3, 0.4) is 0 Å². The van der Waals surface area contributed by atoms with E-state index in [0.29, 0.717) is 24.3 Å². The van der Waals surface area contributed by atoms with Crippen LogP contribution in [0.5, 0.6) is 5.88 Å². The Morgan fingerprint density at radius 2 is 2.35 bits per heavy atom. The van der Waals surface area contributed by atoms with Crippen molar-refractivity contribution in [2.75, 3.05) is 26.0 Å². The molecular formula is C16H27IN4OS. The normalized spacial score (nSPS) is 17.5. The fourth-order valence-electron chi connectivity index (χ4n) is 2.30. The quantitative estimate of drug-likeness (QED) is 0.380. The second-order valence-electron chi connectivity index (χ2n) is 5.26. The van der Waals surface area contributed by atoms with Crippen LogP contribution in [0, 0.1) is 0 Å². The molecule has 0 saturated carbocycles. The molecule has 0 spiro atoms. The summed E-state index contributed by atoms with van der Waals surface area (Å²) < 4.78 is 5.68. The SMILES string of the molecule is CCCOc1ncccc1CNC(=NC)NCC1CCCS1.I. The first-order chi connectivity index (χ1) is 10.8. The molecule has 0 aromatic carbocycles. The van der Waals surface area contributed by atoms with E-state index in [2.05, 4.69) is 27.5 Å². The van der Waals surface area contributed by atoms with Gasteiger partial charge in [-0.1, -0.05) is 13.0 Å². The highest BCUT2D eigenvalue weighted by Crippen LogP contribution is 2.25. The number of thioether (sulfide) groups is 1. The van der Waals surface area contributed by atoms with E-state index >= 15 is 0 Å². The highest BCUT2D eigenvalue weighted by Gasteiger charge is 2.15. The maximum atomic E-state index is 5.68. The summed E-state index contributed by atoms with van der Waals surface area (Å²) in [5.74, 6) is 2.82. The molecular weight excluding hydrogens is 423 g/mol. The molecule has 1 aliphatic heterocycles. The topological polar surface area (TPSA) is 58.5 Å². The van der Waals surface area contributed by atoms with Crippen molar-refractivity contribution < 1.29 is 4.74 Å². The number of nitrogens with zero attached hydrogens (tertiary/aromatic N) is 2. The number of aliphatic imine (C=N–C) groups is 1. The molecule has 130 valence electrons. The van der Waals surface area contributed by atoms with Gasteiger partial charge in [-0.25, -0.2) is 4.98 Å². The molecule has 0 aliphatic carbocycles. The fraction of sp³-hybridized carbons (Fsp3) is 0.625. The summed E-state index contributed by atoms with van der Waals surface area (Å²) in [6.45, 7) is 4.41. The van der Waals surface area contributed by atoms with Crippen LogP contribution in [0.4, 0.5) is 0 Å². The third-order valence-corrected chi connectivity index (χ3v) is 4.88. The van der Waals surface area contributed by atoms with E-state index in [1.54, 1.807) is 13.2 Å². The molecule has 1 atom stereocenters. The zero-order valence-corrected chi connectivity index (χ0v) is 17.0. The zero-order chi connectivity index (χ0) is 15.6. The van der Waals surface area contributed by atoms with E-state index in [9.17, 15) is 0 Å². The largest absolute Gasteiger partial charge is 0.477 e. The van der Waals surface area contributed by atoms with Crippen LogP contribution in [0.2, 0.25) is 0 Å². The molecule has 0 bridgehead atoms. The number of rotatable bonds is 7. The van der Waals surface area contributed by atoms with Crippen LogP contribution < -0.4 is 15.4 Å². The van der Waals surface area contributed by atoms with Crippen molar-refractivity contribution in [2.45, 2.75) is 38.0 Å². The number of guanidine groups is 1. The summed E-state index contributed by atoms with van der Waals surface area (Å²) in [7, 11) is 1.80. The zero-order valence-electron chi connectivity index (χ0n) is 13.9. The van der Waals surface area contributed by atoms with Crippen LogP contribution in [-0.2, 0) is 6.54 Å². The highest BCUT2D eigenvalue weighted by molar-refractivity contribution is 14.0. The lowest BCUT2D eigenvalue weighted by atomic mass is 10.2. The van der Waals surface area contributed by atoms with E-state index < -0.39 is 0 Å². The molecule has 0 amide bonds. The predicted molar refractivity (Wildman–Crippen MR) is 109 cm³/mol. The van der Waals surface area contributed by atoms with Gasteiger partial charge in [-0.05, 0) is 31.1 Å². The number of hydrogen-bond acceptors (Lipinski definition) is 4. The van der Waals surface area contributed by atoms with Crippen LogP contribution in [0.25, 0.3) is 0 Å². The first kappa shape index (κ1) is 20.3. The van der Waals surface area contributed by atoms with E-state index in [0.717, 1.165) is 24.5 Å². The summed E-state index contributed by atoms with van der Waals surface area (Å²) in [5, 5.41) is 7.45. The molecule has 1 saturated heterocycles. The van der Waals surface area contributed by atoms with Gasteiger partial charge >= 0.3 is 0 Å². The van der Waals surface area contributed by atoms with Gasteiger partial charge in [0.05, 0.1) is 6.61 Å². The molecule has 2 N–H and O–H groups in total. The molecule has 1 fully saturated rings. The van der Waals surface area contributed by atoms with Gasteiger partial charge in [0.15, 0.2) is 5.96 Å². The van der Waals surface area contributed by atoms with Crippen molar-refractivity contribution in [2.24, 2.45) is 4.99 Å². The molecule has 5 nitrogen and oxygen atoms in total. The van der Waals surface area contributed by atoms with Crippen LogP contribution in [0.1, 0.15) is 31.7 Å². The summed E-state index contributed by atoms with van der Waals surface area (Å²) in [4.78, 5) is 8.58. The standard InChI is InChI=1S/C16H26N4OS.HI/c1-3-9-21-15-13(6-4-8-18-15)11-19-16(17-2)20-12-14-7-5-10-22-14;/h4,6,8,14H,3,5,7,9-12H2,1-2H3,(H2,17,19,20);1H. The molecule has 1 aromatic heterocycles. The number of halogens is 1. The van der Waals surface area contributed by atoms with E-state index in [4.69, 9.17) is 4.74 Å². The second-order valence-corrected chi connectivity index (χ2v) is 6.67. The van der Waals surface area contributed by atoms with Crippen LogP contribution in [-0.4, -0.2) is 42.1 Å². The van der Waals surface area contributed by atoms with Crippen molar-refractivity contribution >= 4 is 41.7 Å². The average Bonchev–Trinajstić information content (AvgIpc) is 3.07. The average molecular weight is 450 g/mol. The molecule has 2 heterocycles. The number of hydrogen-bond donors (Lipinski definition) is 2. The minimum atomic E-state index is 0. The molecule has 2 rings (SSSR count). The Kier molecular flexibility index (Phi) is 10.4. The Morgan fingerprint density at radius 1 is 1.48 bits per heavy atom. The van der Waals surface area contributed by atoms with Gasteiger partial charge in [-0.2, -0.15) is 11.8 Å². The Bertz CT molecular complexity index is 481. The lowest BCUT2D eigenvalue weighted by molar-refractivity contribution is 0.301. The Labute approximate surface area is 160 Å². The maximum Gasteiger partial charge on any atom is 0.218 e. The molecule has 1 aromatic rings. The van der Waals surface area contributed by atoms with Crippen LogP contribution in [0.15, 0.2) is 23.3 Å². The van der Waals surface area contributed by atoms with Gasteiger partial charge in [-0.15, -0.1) is 24.0 Å². The second kappa shape index (κ2) is 11.8. The lowest BCUT2D eigenvalue weighted by Crippen LogP contribution is -2.39. The number of pyridine rings is 1. The summed E-state index contributed by atoms with van der Waals surface area (Å²) >= 11 is 2.05. The fourth-order valence-corrected chi connectivity index (χ4v) is 3.50. The van der Waals surface area contributed by atoms with Crippen molar-refractivity contribution in [1.29, 1.82) is 0 Å². The van der Waals surface area contributed by atoms with Crippen LogP contribution >= 0.6 is 35.7 Å². The Balaban J connectivity index is 0.00000264. The van der Waals surface area contributed by atoms with Gasteiger partial charge < -0.3 is 15.4 Å². The molecule has 1 aliphatic rings. The molecule has 7 heteroatoms. The Morgan fingerprint density at radius 3 is 3.04 bits per heavy atom. The predicted octanol–water partition coefficient (Wildman–Crippen LogP) is 3.05. The smallest absolute Gasteiger partial charge is 0.218 e. The van der Waals surface area contributed by atoms with Gasteiger partial charge in [0.25, 0.3) is 0 Å². The van der Waals surface area contributed by atoms with E-state index in [-0.39, 0.29) is 24.0 Å². The van der Waals surface area contributed by atoms with Crippen molar-refractivity contribution in [1.82, 2.24) is 15.6 Å². The molecule has 0 radical (unpaired) electrons. The first-order valence-electron chi connectivity index (χ1n) is 7.96. The monoisotopic (exact) mass is 450 g/mol. The van der Waals surface area contributed by atoms with Crippen molar-refractivity contribution in [3.63, 3.8) is 0 Å². The minimum Gasteiger partial charge on any atom is -0.477 e. The van der Waals surface area contributed by atoms with E-state index in [1.165, 1.54) is 18.6 Å². The summed E-state index contributed by atoms with van der Waals surface area (Å²) in [5.41, 5.74) is 1.05. The molecule has 1 unspecified atom stereocenters. The van der Waals surface area contributed by atoms with E-state index in [1.807, 2.05) is 23.9 Å². The van der Waals surface area contributed by atoms with Gasteiger partial charge in [-0.3, -0.25) is 4.99 Å². The lowest BCUT2D eigenvalue weighted by Gasteiger charge is -2.15. The van der Waals surface area contributed by atoms with Crippen molar-refractivity contribution in [3.8, 4) is 5.88 Å². The number of nitrogens with one attached hydrogen (secondary N) is 2. The molecule has 23 heavy (non-hydrogen) atoms. The highest BCUT2D eigenvalue weighted by atomic mass is 127.